The van der Waals surface area contributed by atoms with Gasteiger partial charge in [-0.1, -0.05) is 23.7 Å². The van der Waals surface area contributed by atoms with Crippen LogP contribution in [0, 0.1) is 0 Å². The quantitative estimate of drug-likeness (QED) is 0.857. The molecule has 1 aliphatic heterocycles. The molecule has 0 unspecified atom stereocenters. The Labute approximate surface area is 162 Å². The standard InChI is InChI=1S/C20H20ClN3O3/c21-15-6-1-2-7-17(15)24-11-9-16(20(24)26)23-19(25)13-8-10-22-18(12-13)27-14-4-3-5-14/h1-2,6-8,10,12,14,16H,3-5,9,11H2,(H,23,25)/t16-/m0/s1. The molecule has 2 amide bonds. The number of rotatable bonds is 5. The molecule has 1 atom stereocenters. The zero-order valence-electron chi connectivity index (χ0n) is 14.7. The summed E-state index contributed by atoms with van der Waals surface area (Å²) in [7, 11) is 0. The third-order valence-electron chi connectivity index (χ3n) is 4.99. The summed E-state index contributed by atoms with van der Waals surface area (Å²) in [5.74, 6) is -0.0190. The second-order valence-corrected chi connectivity index (χ2v) is 7.22. The molecule has 0 spiro atoms. The van der Waals surface area contributed by atoms with Gasteiger partial charge < -0.3 is 15.0 Å². The lowest BCUT2D eigenvalue weighted by atomic mass is 9.96. The van der Waals surface area contributed by atoms with Crippen LogP contribution in [-0.2, 0) is 4.79 Å². The summed E-state index contributed by atoms with van der Waals surface area (Å²) >= 11 is 6.19. The van der Waals surface area contributed by atoms with E-state index in [1.54, 1.807) is 35.4 Å². The first-order valence-electron chi connectivity index (χ1n) is 9.11. The molecule has 0 bridgehead atoms. The molecule has 2 aromatic rings. The minimum atomic E-state index is -0.571. The molecule has 1 aromatic carbocycles. The lowest BCUT2D eigenvalue weighted by Crippen LogP contribution is -2.41. The number of hydrogen-bond donors (Lipinski definition) is 1. The Morgan fingerprint density at radius 2 is 2.04 bits per heavy atom. The summed E-state index contributed by atoms with van der Waals surface area (Å²) in [5, 5.41) is 3.33. The van der Waals surface area contributed by atoms with Crippen LogP contribution >= 0.6 is 11.6 Å². The van der Waals surface area contributed by atoms with Crippen LogP contribution < -0.4 is 15.0 Å². The molecule has 1 aromatic heterocycles. The van der Waals surface area contributed by atoms with Crippen LogP contribution in [0.2, 0.25) is 5.02 Å². The van der Waals surface area contributed by atoms with Crippen molar-refractivity contribution in [3.05, 3.63) is 53.2 Å². The van der Waals surface area contributed by atoms with E-state index in [4.69, 9.17) is 16.3 Å². The Morgan fingerprint density at radius 1 is 1.22 bits per heavy atom. The summed E-state index contributed by atoms with van der Waals surface area (Å²) < 4.78 is 5.74. The lowest BCUT2D eigenvalue weighted by Gasteiger charge is -2.25. The molecular weight excluding hydrogens is 366 g/mol. The van der Waals surface area contributed by atoms with Crippen molar-refractivity contribution in [3.8, 4) is 5.88 Å². The van der Waals surface area contributed by atoms with E-state index in [1.165, 1.54) is 0 Å². The van der Waals surface area contributed by atoms with Gasteiger partial charge in [-0.2, -0.15) is 0 Å². The van der Waals surface area contributed by atoms with Crippen molar-refractivity contribution < 1.29 is 14.3 Å². The third kappa shape index (κ3) is 3.76. The Bertz CT molecular complexity index is 869. The van der Waals surface area contributed by atoms with Crippen molar-refractivity contribution in [1.29, 1.82) is 0 Å². The van der Waals surface area contributed by atoms with E-state index >= 15 is 0 Å². The van der Waals surface area contributed by atoms with E-state index in [2.05, 4.69) is 10.3 Å². The maximum Gasteiger partial charge on any atom is 0.252 e. The molecule has 27 heavy (non-hydrogen) atoms. The zero-order chi connectivity index (χ0) is 18.8. The van der Waals surface area contributed by atoms with Gasteiger partial charge in [0.25, 0.3) is 5.91 Å². The zero-order valence-corrected chi connectivity index (χ0v) is 15.5. The Kier molecular flexibility index (Phi) is 4.99. The summed E-state index contributed by atoms with van der Waals surface area (Å²) in [5.41, 5.74) is 1.10. The maximum atomic E-state index is 12.7. The van der Waals surface area contributed by atoms with Gasteiger partial charge >= 0.3 is 0 Å². The fourth-order valence-corrected chi connectivity index (χ4v) is 3.48. The van der Waals surface area contributed by atoms with Gasteiger partial charge in [0.15, 0.2) is 0 Å². The normalized spacial score (nSPS) is 19.7. The van der Waals surface area contributed by atoms with Crippen molar-refractivity contribution >= 4 is 29.1 Å². The number of carbonyl (C=O) groups excluding carboxylic acids is 2. The number of benzene rings is 1. The first-order chi connectivity index (χ1) is 13.1. The molecule has 6 nitrogen and oxygen atoms in total. The van der Waals surface area contributed by atoms with E-state index in [0.717, 1.165) is 19.3 Å². The monoisotopic (exact) mass is 385 g/mol. The predicted molar refractivity (Wildman–Crippen MR) is 102 cm³/mol. The van der Waals surface area contributed by atoms with Gasteiger partial charge in [-0.25, -0.2) is 4.98 Å². The number of nitrogens with zero attached hydrogens (tertiary/aromatic N) is 2. The van der Waals surface area contributed by atoms with Crippen LogP contribution in [0.4, 0.5) is 5.69 Å². The first-order valence-corrected chi connectivity index (χ1v) is 9.49. The van der Waals surface area contributed by atoms with E-state index in [9.17, 15) is 9.59 Å². The first kappa shape index (κ1) is 17.8. The fraction of sp³-hybridized carbons (Fsp3) is 0.350. The summed E-state index contributed by atoms with van der Waals surface area (Å²) in [6, 6.07) is 9.87. The van der Waals surface area contributed by atoms with E-state index in [1.807, 2.05) is 12.1 Å². The molecule has 4 rings (SSSR count). The van der Waals surface area contributed by atoms with Gasteiger partial charge in [-0.05, 0) is 43.9 Å². The number of ether oxygens (including phenoxy) is 1. The van der Waals surface area contributed by atoms with Crippen molar-refractivity contribution in [1.82, 2.24) is 10.3 Å². The molecule has 1 saturated heterocycles. The smallest absolute Gasteiger partial charge is 0.252 e. The minimum Gasteiger partial charge on any atom is -0.474 e. The average molecular weight is 386 g/mol. The van der Waals surface area contributed by atoms with Crippen LogP contribution in [0.25, 0.3) is 0 Å². The molecule has 2 aliphatic rings. The third-order valence-corrected chi connectivity index (χ3v) is 5.31. The molecule has 140 valence electrons. The van der Waals surface area contributed by atoms with Crippen LogP contribution in [0.5, 0.6) is 5.88 Å². The van der Waals surface area contributed by atoms with Crippen molar-refractivity contribution in [3.63, 3.8) is 0 Å². The van der Waals surface area contributed by atoms with E-state index in [-0.39, 0.29) is 17.9 Å². The highest BCUT2D eigenvalue weighted by Crippen LogP contribution is 2.29. The van der Waals surface area contributed by atoms with E-state index in [0.29, 0.717) is 35.1 Å². The van der Waals surface area contributed by atoms with Crippen LogP contribution in [0.15, 0.2) is 42.6 Å². The number of carbonyl (C=O) groups is 2. The average Bonchev–Trinajstić information content (AvgIpc) is 2.99. The molecule has 2 fully saturated rings. The summed E-state index contributed by atoms with van der Waals surface area (Å²) in [6.07, 6.45) is 5.48. The van der Waals surface area contributed by atoms with Gasteiger partial charge in [-0.3, -0.25) is 9.59 Å². The van der Waals surface area contributed by atoms with Crippen LogP contribution in [0.1, 0.15) is 36.0 Å². The molecule has 7 heteroatoms. The number of halogens is 1. The number of amides is 2. The fourth-order valence-electron chi connectivity index (χ4n) is 3.24. The van der Waals surface area contributed by atoms with Gasteiger partial charge in [0.05, 0.1) is 10.7 Å². The summed E-state index contributed by atoms with van der Waals surface area (Å²) in [6.45, 7) is 0.514. The van der Waals surface area contributed by atoms with Gasteiger partial charge in [0.1, 0.15) is 12.1 Å². The summed E-state index contributed by atoms with van der Waals surface area (Å²) in [4.78, 5) is 31.1. The molecule has 1 aliphatic carbocycles. The van der Waals surface area contributed by atoms with Crippen LogP contribution in [-0.4, -0.2) is 35.5 Å². The topological polar surface area (TPSA) is 71.5 Å². The van der Waals surface area contributed by atoms with Crippen molar-refractivity contribution in [2.75, 3.05) is 11.4 Å². The largest absolute Gasteiger partial charge is 0.474 e. The Balaban J connectivity index is 1.42. The Hall–Kier alpha value is -2.60. The second-order valence-electron chi connectivity index (χ2n) is 6.81. The van der Waals surface area contributed by atoms with Crippen molar-refractivity contribution in [2.45, 2.75) is 37.8 Å². The molecule has 0 radical (unpaired) electrons. The molecular formula is C20H20ClN3O3. The second kappa shape index (κ2) is 7.56. The number of pyridine rings is 1. The van der Waals surface area contributed by atoms with Crippen LogP contribution in [0.3, 0.4) is 0 Å². The van der Waals surface area contributed by atoms with Crippen molar-refractivity contribution in [2.24, 2.45) is 0 Å². The lowest BCUT2D eigenvalue weighted by molar-refractivity contribution is -0.118. The minimum absolute atomic E-state index is 0.156. The number of anilines is 1. The maximum absolute atomic E-state index is 12.7. The Morgan fingerprint density at radius 3 is 2.78 bits per heavy atom. The van der Waals surface area contributed by atoms with Gasteiger partial charge in [0, 0.05) is 24.4 Å². The number of aromatic nitrogens is 1. The van der Waals surface area contributed by atoms with Gasteiger partial charge in [-0.15, -0.1) is 0 Å². The highest BCUT2D eigenvalue weighted by atomic mass is 35.5. The van der Waals surface area contributed by atoms with E-state index < -0.39 is 6.04 Å². The predicted octanol–water partition coefficient (Wildman–Crippen LogP) is 3.20. The number of hydrogen-bond acceptors (Lipinski definition) is 4. The number of para-hydroxylation sites is 1. The number of nitrogens with one attached hydrogen (secondary N) is 1. The molecule has 1 saturated carbocycles. The molecule has 2 heterocycles. The highest BCUT2D eigenvalue weighted by molar-refractivity contribution is 6.34. The molecule has 1 N–H and O–H groups in total. The SMILES string of the molecule is O=C(N[C@H]1CCN(c2ccccc2Cl)C1=O)c1ccnc(OC2CCC2)c1. The highest BCUT2D eigenvalue weighted by Gasteiger charge is 2.34. The van der Waals surface area contributed by atoms with Gasteiger partial charge in [0.2, 0.25) is 11.8 Å².